The number of amides is 1. The lowest BCUT2D eigenvalue weighted by molar-refractivity contribution is -0.117. The third kappa shape index (κ3) is 3.47. The number of H-pyrrole nitrogens is 2. The van der Waals surface area contributed by atoms with Gasteiger partial charge in [0.05, 0.1) is 19.3 Å². The van der Waals surface area contributed by atoms with E-state index < -0.39 is 6.04 Å². The van der Waals surface area contributed by atoms with E-state index in [0.29, 0.717) is 17.9 Å². The highest BCUT2D eigenvalue weighted by atomic mass is 16.5. The van der Waals surface area contributed by atoms with Crippen molar-refractivity contribution >= 4 is 22.5 Å². The predicted molar refractivity (Wildman–Crippen MR) is 109 cm³/mol. The van der Waals surface area contributed by atoms with Gasteiger partial charge >= 0.3 is 0 Å². The Morgan fingerprint density at radius 2 is 2.11 bits per heavy atom. The number of nitrogens with two attached hydrogens (primary N) is 1. The zero-order chi connectivity index (χ0) is 19.5. The average molecular weight is 375 g/mol. The summed E-state index contributed by atoms with van der Waals surface area (Å²) in [6.45, 7) is 0. The molecule has 1 atom stereocenters. The van der Waals surface area contributed by atoms with Crippen LogP contribution >= 0.6 is 0 Å². The summed E-state index contributed by atoms with van der Waals surface area (Å²) in [6, 6.07) is 12.8. The summed E-state index contributed by atoms with van der Waals surface area (Å²) in [6.07, 6.45) is 5.85. The molecule has 142 valence electrons. The predicted octanol–water partition coefficient (Wildman–Crippen LogP) is 3.08. The van der Waals surface area contributed by atoms with Crippen LogP contribution in [0.5, 0.6) is 5.75 Å². The molecule has 0 aliphatic carbocycles. The van der Waals surface area contributed by atoms with Gasteiger partial charge in [-0.1, -0.05) is 18.2 Å². The van der Waals surface area contributed by atoms with Gasteiger partial charge in [0.2, 0.25) is 5.91 Å². The molecule has 1 unspecified atom stereocenters. The molecule has 5 N–H and O–H groups in total. The number of aromatic amines is 2. The number of nitrogens with zero attached hydrogens (tertiary/aromatic N) is 1. The summed E-state index contributed by atoms with van der Waals surface area (Å²) in [5.41, 5.74) is 10.6. The van der Waals surface area contributed by atoms with Crippen molar-refractivity contribution in [2.24, 2.45) is 5.73 Å². The van der Waals surface area contributed by atoms with E-state index in [2.05, 4.69) is 20.5 Å². The van der Waals surface area contributed by atoms with E-state index in [0.717, 1.165) is 27.6 Å². The van der Waals surface area contributed by atoms with Crippen LogP contribution in [-0.4, -0.2) is 34.2 Å². The van der Waals surface area contributed by atoms with E-state index >= 15 is 0 Å². The van der Waals surface area contributed by atoms with Gasteiger partial charge in [-0.15, -0.1) is 0 Å². The van der Waals surface area contributed by atoms with Crippen molar-refractivity contribution in [3.05, 3.63) is 66.6 Å². The summed E-state index contributed by atoms with van der Waals surface area (Å²) in [5.74, 6) is 0.396. The molecule has 0 spiro atoms. The van der Waals surface area contributed by atoms with Gasteiger partial charge in [0.25, 0.3) is 0 Å². The Balaban J connectivity index is 1.48. The molecule has 4 aromatic rings. The number of fused-ring (bicyclic) bond motifs is 1. The SMILES string of the molecule is COc1cc(NC(=O)C(N)Cc2c[nH]c3ccccc23)ccc1-c1cn[nH]c1. The number of nitrogens with one attached hydrogen (secondary N) is 3. The molecule has 0 saturated heterocycles. The fraction of sp³-hybridized carbons (Fsp3) is 0.143. The topological polar surface area (TPSA) is 109 Å². The van der Waals surface area contributed by atoms with E-state index in [-0.39, 0.29) is 5.91 Å². The number of hydrogen-bond donors (Lipinski definition) is 4. The van der Waals surface area contributed by atoms with Crippen molar-refractivity contribution in [2.75, 3.05) is 12.4 Å². The number of aromatic nitrogens is 3. The minimum atomic E-state index is -0.668. The summed E-state index contributed by atoms with van der Waals surface area (Å²) in [5, 5.41) is 10.7. The van der Waals surface area contributed by atoms with E-state index in [1.54, 1.807) is 25.6 Å². The molecule has 1 amide bonds. The third-order valence-electron chi connectivity index (χ3n) is 4.73. The average Bonchev–Trinajstić information content (AvgIpc) is 3.38. The Labute approximate surface area is 161 Å². The lowest BCUT2D eigenvalue weighted by atomic mass is 10.0. The summed E-state index contributed by atoms with van der Waals surface area (Å²) >= 11 is 0. The molecule has 0 fully saturated rings. The molecule has 7 heteroatoms. The second kappa shape index (κ2) is 7.58. The second-order valence-electron chi connectivity index (χ2n) is 6.56. The highest BCUT2D eigenvalue weighted by Gasteiger charge is 2.17. The van der Waals surface area contributed by atoms with Crippen LogP contribution in [0.2, 0.25) is 0 Å². The molecule has 4 rings (SSSR count). The Hall–Kier alpha value is -3.58. The molecule has 0 aliphatic heterocycles. The maximum absolute atomic E-state index is 12.6. The van der Waals surface area contributed by atoms with Crippen molar-refractivity contribution in [2.45, 2.75) is 12.5 Å². The number of anilines is 1. The largest absolute Gasteiger partial charge is 0.496 e. The van der Waals surface area contributed by atoms with Gasteiger partial charge in [-0.2, -0.15) is 5.10 Å². The second-order valence-corrected chi connectivity index (χ2v) is 6.56. The lowest BCUT2D eigenvalue weighted by Crippen LogP contribution is -2.37. The van der Waals surface area contributed by atoms with Crippen LogP contribution in [-0.2, 0) is 11.2 Å². The highest BCUT2D eigenvalue weighted by molar-refractivity contribution is 5.96. The lowest BCUT2D eigenvalue weighted by Gasteiger charge is -2.14. The first-order valence-electron chi connectivity index (χ1n) is 8.94. The first-order valence-corrected chi connectivity index (χ1v) is 8.94. The van der Waals surface area contributed by atoms with Crippen LogP contribution in [0.3, 0.4) is 0 Å². The molecule has 2 aromatic heterocycles. The minimum absolute atomic E-state index is 0.247. The van der Waals surface area contributed by atoms with Crippen LogP contribution in [0.15, 0.2) is 61.1 Å². The molecule has 7 nitrogen and oxygen atoms in total. The first-order chi connectivity index (χ1) is 13.7. The standard InChI is InChI=1S/C21H21N5O2/c1-28-20-9-15(6-7-17(20)14-11-24-25-12-14)26-21(27)18(22)8-13-10-23-19-5-3-2-4-16(13)19/h2-7,9-12,18,23H,8,22H2,1H3,(H,24,25)(H,26,27). The van der Waals surface area contributed by atoms with Crippen LogP contribution in [0.25, 0.3) is 22.0 Å². The Kier molecular flexibility index (Phi) is 4.82. The van der Waals surface area contributed by atoms with Crippen LogP contribution in [0, 0.1) is 0 Å². The van der Waals surface area contributed by atoms with Gasteiger partial charge < -0.3 is 20.8 Å². The van der Waals surface area contributed by atoms with Crippen molar-refractivity contribution in [1.29, 1.82) is 0 Å². The quantitative estimate of drug-likeness (QED) is 0.415. The fourth-order valence-electron chi connectivity index (χ4n) is 3.27. The number of para-hydroxylation sites is 1. The number of rotatable bonds is 6. The molecule has 0 radical (unpaired) electrons. The van der Waals surface area contributed by atoms with Gasteiger partial charge in [0.15, 0.2) is 0 Å². The molecular formula is C21H21N5O2. The zero-order valence-electron chi connectivity index (χ0n) is 15.4. The smallest absolute Gasteiger partial charge is 0.241 e. The van der Waals surface area contributed by atoms with E-state index in [1.165, 1.54) is 0 Å². The Bertz CT molecular complexity index is 1100. The van der Waals surface area contributed by atoms with Gasteiger partial charge in [0, 0.05) is 46.2 Å². The fourth-order valence-corrected chi connectivity index (χ4v) is 3.27. The van der Waals surface area contributed by atoms with Gasteiger partial charge in [-0.3, -0.25) is 9.89 Å². The maximum Gasteiger partial charge on any atom is 0.241 e. The summed E-state index contributed by atoms with van der Waals surface area (Å²) in [4.78, 5) is 15.8. The molecular weight excluding hydrogens is 354 g/mol. The zero-order valence-corrected chi connectivity index (χ0v) is 15.4. The first kappa shape index (κ1) is 17.8. The molecule has 28 heavy (non-hydrogen) atoms. The van der Waals surface area contributed by atoms with Gasteiger partial charge in [-0.25, -0.2) is 0 Å². The van der Waals surface area contributed by atoms with Crippen molar-refractivity contribution < 1.29 is 9.53 Å². The highest BCUT2D eigenvalue weighted by Crippen LogP contribution is 2.32. The molecule has 2 aromatic carbocycles. The Morgan fingerprint density at radius 1 is 1.25 bits per heavy atom. The number of carbonyl (C=O) groups excluding carboxylic acids is 1. The van der Waals surface area contributed by atoms with Crippen LogP contribution in [0.4, 0.5) is 5.69 Å². The molecule has 0 aliphatic rings. The van der Waals surface area contributed by atoms with E-state index in [9.17, 15) is 4.79 Å². The van der Waals surface area contributed by atoms with Gasteiger partial charge in [0.1, 0.15) is 5.75 Å². The minimum Gasteiger partial charge on any atom is -0.496 e. The molecule has 2 heterocycles. The van der Waals surface area contributed by atoms with Crippen molar-refractivity contribution in [1.82, 2.24) is 15.2 Å². The number of benzene rings is 2. The van der Waals surface area contributed by atoms with Crippen LogP contribution in [0.1, 0.15) is 5.56 Å². The number of methoxy groups -OCH3 is 1. The number of carbonyl (C=O) groups is 1. The molecule has 0 saturated carbocycles. The van der Waals surface area contributed by atoms with Gasteiger partial charge in [-0.05, 0) is 30.2 Å². The van der Waals surface area contributed by atoms with Crippen molar-refractivity contribution in [3.8, 4) is 16.9 Å². The molecule has 0 bridgehead atoms. The maximum atomic E-state index is 12.6. The normalized spacial score (nSPS) is 12.1. The summed E-state index contributed by atoms with van der Waals surface area (Å²) < 4.78 is 5.46. The third-order valence-corrected chi connectivity index (χ3v) is 4.73. The van der Waals surface area contributed by atoms with E-state index in [1.807, 2.05) is 42.6 Å². The van der Waals surface area contributed by atoms with Crippen molar-refractivity contribution in [3.63, 3.8) is 0 Å². The number of ether oxygens (including phenoxy) is 1. The van der Waals surface area contributed by atoms with E-state index in [4.69, 9.17) is 10.5 Å². The van der Waals surface area contributed by atoms with Crippen LogP contribution < -0.4 is 15.8 Å². The monoisotopic (exact) mass is 375 g/mol. The Morgan fingerprint density at radius 3 is 2.89 bits per heavy atom. The number of hydrogen-bond acceptors (Lipinski definition) is 4. The summed E-state index contributed by atoms with van der Waals surface area (Å²) in [7, 11) is 1.59.